The molecule has 0 aromatic heterocycles. The summed E-state index contributed by atoms with van der Waals surface area (Å²) < 4.78 is 17.0. The predicted molar refractivity (Wildman–Crippen MR) is 353 cm³/mol. The van der Waals surface area contributed by atoms with Crippen molar-refractivity contribution in [2.24, 2.45) is 0 Å². The van der Waals surface area contributed by atoms with E-state index in [4.69, 9.17) is 14.2 Å². The van der Waals surface area contributed by atoms with E-state index in [1.165, 1.54) is 238 Å². The number of unbranched alkanes of at least 4 members (excludes halogenated alkanes) is 42. The zero-order valence-corrected chi connectivity index (χ0v) is 54.1. The molecule has 6 heteroatoms. The minimum Gasteiger partial charge on any atom is -0.462 e. The largest absolute Gasteiger partial charge is 0.462 e. The maximum atomic E-state index is 13.0. The molecule has 0 bridgehead atoms. The monoisotopic (exact) mass is 1130 g/mol. The Kier molecular flexibility index (Phi) is 66.6. The van der Waals surface area contributed by atoms with Crippen LogP contribution in [-0.2, 0) is 28.6 Å². The first-order valence-corrected chi connectivity index (χ1v) is 35.4. The molecule has 0 spiro atoms. The molecule has 0 aromatic carbocycles. The van der Waals surface area contributed by atoms with Gasteiger partial charge in [0.05, 0.1) is 0 Å². The number of rotatable bonds is 65. The molecular formula is C75H134O6. The van der Waals surface area contributed by atoms with Crippen molar-refractivity contribution in [2.45, 2.75) is 374 Å². The van der Waals surface area contributed by atoms with Gasteiger partial charge in [-0.25, -0.2) is 0 Å². The summed E-state index contributed by atoms with van der Waals surface area (Å²) in [5.74, 6) is -0.907. The lowest BCUT2D eigenvalue weighted by atomic mass is 10.0. The third kappa shape index (κ3) is 67.5. The second-order valence-electron chi connectivity index (χ2n) is 23.8. The second kappa shape index (κ2) is 69.3. The Bertz CT molecular complexity index is 1490. The topological polar surface area (TPSA) is 78.9 Å². The van der Waals surface area contributed by atoms with E-state index in [9.17, 15) is 14.4 Å². The Morgan fingerprint density at radius 3 is 0.778 bits per heavy atom. The van der Waals surface area contributed by atoms with Crippen molar-refractivity contribution in [2.75, 3.05) is 13.2 Å². The van der Waals surface area contributed by atoms with Crippen LogP contribution in [0.3, 0.4) is 0 Å². The molecule has 0 aromatic rings. The number of carbonyl (C=O) groups is 3. The first kappa shape index (κ1) is 77.9. The molecule has 0 amide bonds. The summed E-state index contributed by atoms with van der Waals surface area (Å²) in [7, 11) is 0. The van der Waals surface area contributed by atoms with Crippen molar-refractivity contribution < 1.29 is 28.6 Å². The number of hydrogen-bond acceptors (Lipinski definition) is 6. The molecule has 0 saturated heterocycles. The van der Waals surface area contributed by atoms with Gasteiger partial charge in [0.1, 0.15) is 13.2 Å². The van der Waals surface area contributed by atoms with Crippen LogP contribution >= 0.6 is 0 Å². The van der Waals surface area contributed by atoms with Crippen LogP contribution < -0.4 is 0 Å². The van der Waals surface area contributed by atoms with Crippen LogP contribution in [0.4, 0.5) is 0 Å². The van der Waals surface area contributed by atoms with Crippen LogP contribution in [0.1, 0.15) is 367 Å². The molecule has 1 atom stereocenters. The fourth-order valence-corrected chi connectivity index (χ4v) is 10.4. The van der Waals surface area contributed by atoms with Crippen molar-refractivity contribution in [3.63, 3.8) is 0 Å². The lowest BCUT2D eigenvalue weighted by molar-refractivity contribution is -0.167. The van der Waals surface area contributed by atoms with E-state index in [0.29, 0.717) is 19.3 Å². The van der Waals surface area contributed by atoms with Gasteiger partial charge >= 0.3 is 17.9 Å². The van der Waals surface area contributed by atoms with Crippen LogP contribution in [-0.4, -0.2) is 37.2 Å². The molecule has 0 aliphatic carbocycles. The van der Waals surface area contributed by atoms with E-state index in [1.54, 1.807) is 0 Å². The van der Waals surface area contributed by atoms with Crippen LogP contribution in [0.25, 0.3) is 0 Å². The molecule has 0 heterocycles. The second-order valence-corrected chi connectivity index (χ2v) is 23.8. The maximum absolute atomic E-state index is 13.0. The minimum atomic E-state index is -0.793. The fraction of sp³-hybridized carbons (Fsp3) is 0.800. The van der Waals surface area contributed by atoms with Crippen molar-refractivity contribution in [3.05, 3.63) is 72.9 Å². The Morgan fingerprint density at radius 1 is 0.259 bits per heavy atom. The Morgan fingerprint density at radius 2 is 0.481 bits per heavy atom. The lowest BCUT2D eigenvalue weighted by Crippen LogP contribution is -2.30. The standard InChI is InChI=1S/C75H134O6/c1-4-7-10-13-16-19-22-25-28-30-32-34-36-37-39-40-42-44-47-50-53-56-59-62-65-68-74(77)80-71-72(70-79-73(76)67-64-61-58-55-52-49-46-27-24-21-18-15-12-9-6-3)81-75(78)69-66-63-60-57-54-51-48-45-43-41-38-35-33-31-29-26-23-20-17-14-11-8-5-2/h9,12,18,21-22,25,27,30,32,46,52,55,72H,4-8,10-11,13-17,19-20,23-24,26,28-29,31,33-45,47-51,53-54,56-71H2,1-3H3/b12-9-,21-18-,25-22-,32-30-,46-27-,55-52-. The zero-order chi connectivity index (χ0) is 58.5. The normalized spacial score (nSPS) is 12.5. The Hall–Kier alpha value is -3.15. The molecule has 0 radical (unpaired) electrons. The van der Waals surface area contributed by atoms with E-state index in [2.05, 4.69) is 93.7 Å². The highest BCUT2D eigenvalue weighted by Crippen LogP contribution is 2.18. The van der Waals surface area contributed by atoms with Crippen LogP contribution in [0, 0.1) is 0 Å². The fourth-order valence-electron chi connectivity index (χ4n) is 10.4. The third-order valence-corrected chi connectivity index (χ3v) is 15.7. The van der Waals surface area contributed by atoms with Crippen molar-refractivity contribution in [1.82, 2.24) is 0 Å². The van der Waals surface area contributed by atoms with Gasteiger partial charge in [0.25, 0.3) is 0 Å². The van der Waals surface area contributed by atoms with Gasteiger partial charge in [0.15, 0.2) is 6.10 Å². The number of carbonyl (C=O) groups excluding carboxylic acids is 3. The molecular weight excluding hydrogens is 997 g/mol. The molecule has 470 valence electrons. The summed E-state index contributed by atoms with van der Waals surface area (Å²) in [6.45, 7) is 6.54. The average molecular weight is 1130 g/mol. The molecule has 1 unspecified atom stereocenters. The van der Waals surface area contributed by atoms with Gasteiger partial charge in [0, 0.05) is 19.3 Å². The summed E-state index contributed by atoms with van der Waals surface area (Å²) in [6, 6.07) is 0. The van der Waals surface area contributed by atoms with Gasteiger partial charge < -0.3 is 14.2 Å². The first-order chi connectivity index (χ1) is 40.0. The van der Waals surface area contributed by atoms with Gasteiger partial charge in [-0.3, -0.25) is 14.4 Å². The van der Waals surface area contributed by atoms with E-state index < -0.39 is 6.10 Å². The number of hydrogen-bond donors (Lipinski definition) is 0. The summed E-state index contributed by atoms with van der Waals surface area (Å²) >= 11 is 0. The quantitative estimate of drug-likeness (QED) is 0.0261. The molecule has 0 aliphatic rings. The van der Waals surface area contributed by atoms with E-state index in [-0.39, 0.29) is 31.1 Å². The smallest absolute Gasteiger partial charge is 0.306 e. The summed E-state index contributed by atoms with van der Waals surface area (Å²) in [5.41, 5.74) is 0. The molecule has 6 nitrogen and oxygen atoms in total. The number of allylic oxidation sites excluding steroid dienone is 12. The van der Waals surface area contributed by atoms with Crippen LogP contribution in [0.15, 0.2) is 72.9 Å². The summed E-state index contributed by atoms with van der Waals surface area (Å²) in [4.78, 5) is 38.4. The molecule has 81 heavy (non-hydrogen) atoms. The van der Waals surface area contributed by atoms with Crippen molar-refractivity contribution >= 4 is 17.9 Å². The molecule has 0 fully saturated rings. The highest BCUT2D eigenvalue weighted by Gasteiger charge is 2.19. The van der Waals surface area contributed by atoms with Crippen LogP contribution in [0.2, 0.25) is 0 Å². The van der Waals surface area contributed by atoms with Crippen LogP contribution in [0.5, 0.6) is 0 Å². The third-order valence-electron chi connectivity index (χ3n) is 15.7. The first-order valence-electron chi connectivity index (χ1n) is 35.4. The summed E-state index contributed by atoms with van der Waals surface area (Å²) in [6.07, 6.45) is 90.8. The lowest BCUT2D eigenvalue weighted by Gasteiger charge is -2.18. The Labute approximate surface area is 503 Å². The highest BCUT2D eigenvalue weighted by atomic mass is 16.6. The Balaban J connectivity index is 4.31. The van der Waals surface area contributed by atoms with Gasteiger partial charge in [-0.05, 0) is 89.9 Å². The van der Waals surface area contributed by atoms with Gasteiger partial charge in [-0.2, -0.15) is 0 Å². The van der Waals surface area contributed by atoms with Crippen molar-refractivity contribution in [3.8, 4) is 0 Å². The van der Waals surface area contributed by atoms with Gasteiger partial charge in [-0.15, -0.1) is 0 Å². The maximum Gasteiger partial charge on any atom is 0.306 e. The van der Waals surface area contributed by atoms with Crippen molar-refractivity contribution in [1.29, 1.82) is 0 Å². The molecule has 0 aliphatic heterocycles. The number of esters is 3. The molecule has 0 N–H and O–H groups in total. The zero-order valence-electron chi connectivity index (χ0n) is 54.1. The van der Waals surface area contributed by atoms with E-state index >= 15 is 0 Å². The minimum absolute atomic E-state index is 0.0854. The van der Waals surface area contributed by atoms with E-state index in [0.717, 1.165) is 89.9 Å². The van der Waals surface area contributed by atoms with Gasteiger partial charge in [-0.1, -0.05) is 331 Å². The number of ether oxygens (including phenoxy) is 3. The molecule has 0 rings (SSSR count). The SMILES string of the molecule is CC/C=C\C/C=C\C/C=C\C/C=C\CCCCC(=O)OCC(COC(=O)CCCCCCCCCCCCCCC/C=C\C/C=C\CCCCCCC)OC(=O)CCCCCCCCCCCCCCCCCCCCCCCCC. The van der Waals surface area contributed by atoms with E-state index in [1.807, 2.05) is 0 Å². The highest BCUT2D eigenvalue weighted by molar-refractivity contribution is 5.71. The van der Waals surface area contributed by atoms with Gasteiger partial charge in [0.2, 0.25) is 0 Å². The molecule has 0 saturated carbocycles. The summed E-state index contributed by atoms with van der Waals surface area (Å²) in [5, 5.41) is 0. The average Bonchev–Trinajstić information content (AvgIpc) is 3.47. The predicted octanol–water partition coefficient (Wildman–Crippen LogP) is 24.4.